The minimum atomic E-state index is -0.717. The molecule has 1 aromatic carbocycles. The number of carbonyl (C=O) groups excluding carboxylic acids is 2. The summed E-state index contributed by atoms with van der Waals surface area (Å²) in [4.78, 5) is 40.0. The minimum Gasteiger partial charge on any atom is -0.462 e. The van der Waals surface area contributed by atoms with Crippen molar-refractivity contribution in [2.75, 3.05) is 11.9 Å². The predicted molar refractivity (Wildman–Crippen MR) is 93.7 cm³/mol. The molecule has 0 spiro atoms. The number of amides is 1. The normalized spacial score (nSPS) is 11.7. The van der Waals surface area contributed by atoms with Crippen molar-refractivity contribution in [1.82, 2.24) is 9.55 Å². The summed E-state index contributed by atoms with van der Waals surface area (Å²) < 4.78 is 6.25. The summed E-state index contributed by atoms with van der Waals surface area (Å²) in [5.74, 6) is -0.763. The highest BCUT2D eigenvalue weighted by atomic mass is 16.5. The van der Waals surface area contributed by atoms with Crippen LogP contribution in [0.2, 0.25) is 0 Å². The lowest BCUT2D eigenvalue weighted by molar-refractivity contribution is -0.118. The average molecular weight is 343 g/mol. The van der Waals surface area contributed by atoms with Gasteiger partial charge in [0, 0.05) is 17.1 Å². The van der Waals surface area contributed by atoms with Gasteiger partial charge in [0.15, 0.2) is 0 Å². The van der Waals surface area contributed by atoms with Crippen LogP contribution in [0.5, 0.6) is 0 Å². The maximum atomic E-state index is 12.4. The molecule has 0 aliphatic rings. The van der Waals surface area contributed by atoms with Gasteiger partial charge in [-0.1, -0.05) is 0 Å². The summed E-state index contributed by atoms with van der Waals surface area (Å²) in [5.41, 5.74) is 1.75. The number of ether oxygens (including phenoxy) is 1. The summed E-state index contributed by atoms with van der Waals surface area (Å²) in [6.07, 6.45) is 0. The second-order valence-corrected chi connectivity index (χ2v) is 5.65. The van der Waals surface area contributed by atoms with Gasteiger partial charge < -0.3 is 10.1 Å². The van der Waals surface area contributed by atoms with Crippen LogP contribution in [-0.4, -0.2) is 28.0 Å². The lowest BCUT2D eigenvalue weighted by atomic mass is 10.2. The van der Waals surface area contributed by atoms with E-state index in [1.165, 1.54) is 4.57 Å². The smallest absolute Gasteiger partial charge is 0.348 e. The van der Waals surface area contributed by atoms with Crippen LogP contribution in [0.1, 0.15) is 41.6 Å². The molecule has 0 aliphatic carbocycles. The summed E-state index contributed by atoms with van der Waals surface area (Å²) in [7, 11) is 0. The molecule has 132 valence electrons. The first-order chi connectivity index (χ1) is 11.8. The molecule has 0 unspecified atom stereocenters. The van der Waals surface area contributed by atoms with Crippen molar-refractivity contribution < 1.29 is 14.3 Å². The third-order valence-electron chi connectivity index (χ3n) is 3.71. The van der Waals surface area contributed by atoms with E-state index >= 15 is 0 Å². The highest BCUT2D eigenvalue weighted by Gasteiger charge is 2.19. The highest BCUT2D eigenvalue weighted by Crippen LogP contribution is 2.14. The molecule has 0 bridgehead atoms. The Hall–Kier alpha value is -2.96. The van der Waals surface area contributed by atoms with Gasteiger partial charge in [-0.15, -0.1) is 0 Å². The Morgan fingerprint density at radius 3 is 2.44 bits per heavy atom. The molecule has 1 atom stereocenters. The predicted octanol–water partition coefficient (Wildman–Crippen LogP) is 2.24. The van der Waals surface area contributed by atoms with E-state index in [1.807, 2.05) is 0 Å². The number of rotatable bonds is 5. The fourth-order valence-electron chi connectivity index (χ4n) is 2.50. The Morgan fingerprint density at radius 1 is 1.24 bits per heavy atom. The van der Waals surface area contributed by atoms with Gasteiger partial charge in [-0.3, -0.25) is 9.36 Å². The fraction of sp³-hybridized carbons (Fsp3) is 0.333. The van der Waals surface area contributed by atoms with E-state index in [2.05, 4.69) is 10.3 Å². The largest absolute Gasteiger partial charge is 0.462 e. The zero-order valence-electron chi connectivity index (χ0n) is 14.7. The molecule has 0 fully saturated rings. The maximum Gasteiger partial charge on any atom is 0.348 e. The zero-order chi connectivity index (χ0) is 18.6. The van der Waals surface area contributed by atoms with Crippen LogP contribution in [0.3, 0.4) is 0 Å². The molecule has 0 aliphatic heterocycles. The van der Waals surface area contributed by atoms with Crippen molar-refractivity contribution in [3.8, 4) is 0 Å². The first kappa shape index (κ1) is 18.4. The number of nitrogens with zero attached hydrogens (tertiary/aromatic N) is 2. The number of aromatic nitrogens is 2. The minimum absolute atomic E-state index is 0.299. The Morgan fingerprint density at radius 2 is 1.88 bits per heavy atom. The lowest BCUT2D eigenvalue weighted by Crippen LogP contribution is -2.34. The van der Waals surface area contributed by atoms with Gasteiger partial charge in [0.05, 0.1) is 12.2 Å². The topological polar surface area (TPSA) is 90.3 Å². The van der Waals surface area contributed by atoms with Gasteiger partial charge in [-0.25, -0.2) is 9.59 Å². The highest BCUT2D eigenvalue weighted by molar-refractivity contribution is 5.94. The fourth-order valence-corrected chi connectivity index (χ4v) is 2.50. The van der Waals surface area contributed by atoms with E-state index in [-0.39, 0.29) is 5.91 Å². The van der Waals surface area contributed by atoms with Crippen molar-refractivity contribution in [3.05, 3.63) is 57.8 Å². The third kappa shape index (κ3) is 4.32. The number of benzene rings is 1. The molecule has 1 heterocycles. The Labute approximate surface area is 145 Å². The van der Waals surface area contributed by atoms with Crippen molar-refractivity contribution in [3.63, 3.8) is 0 Å². The van der Waals surface area contributed by atoms with Crippen LogP contribution in [0.15, 0.2) is 35.1 Å². The first-order valence-corrected chi connectivity index (χ1v) is 7.98. The number of carbonyl (C=O) groups is 2. The number of hydrogen-bond donors (Lipinski definition) is 1. The molecule has 1 N–H and O–H groups in total. The van der Waals surface area contributed by atoms with E-state index in [4.69, 9.17) is 4.74 Å². The maximum absolute atomic E-state index is 12.4. The van der Waals surface area contributed by atoms with Gasteiger partial charge >= 0.3 is 11.7 Å². The van der Waals surface area contributed by atoms with Crippen LogP contribution < -0.4 is 11.0 Å². The molecule has 1 amide bonds. The van der Waals surface area contributed by atoms with Crippen LogP contribution in [0.4, 0.5) is 5.69 Å². The number of aryl methyl sites for hydroxylation is 2. The molecule has 2 aromatic rings. The van der Waals surface area contributed by atoms with Crippen molar-refractivity contribution >= 4 is 17.6 Å². The summed E-state index contributed by atoms with van der Waals surface area (Å²) >= 11 is 0. The molecule has 0 saturated carbocycles. The third-order valence-corrected chi connectivity index (χ3v) is 3.71. The molecular weight excluding hydrogens is 322 g/mol. The van der Waals surface area contributed by atoms with Crippen molar-refractivity contribution in [2.24, 2.45) is 0 Å². The number of hydrogen-bond acceptors (Lipinski definition) is 5. The van der Waals surface area contributed by atoms with Crippen molar-refractivity contribution in [1.29, 1.82) is 0 Å². The quantitative estimate of drug-likeness (QED) is 0.841. The van der Waals surface area contributed by atoms with Crippen LogP contribution >= 0.6 is 0 Å². The second-order valence-electron chi connectivity index (χ2n) is 5.65. The molecule has 2 rings (SSSR count). The molecule has 1 aromatic heterocycles. The Kier molecular flexibility index (Phi) is 5.69. The molecular formula is C18H21N3O4. The summed E-state index contributed by atoms with van der Waals surface area (Å²) in [6.45, 7) is 7.15. The van der Waals surface area contributed by atoms with Crippen molar-refractivity contribution in [2.45, 2.75) is 33.7 Å². The lowest BCUT2D eigenvalue weighted by Gasteiger charge is -2.17. The molecule has 0 radical (unpaired) electrons. The number of nitrogens with one attached hydrogen (secondary N) is 1. The molecule has 7 nitrogen and oxygen atoms in total. The SMILES string of the molecule is CCOC(=O)c1ccc(NC(=O)[C@@H](C)n2c(C)cc(C)nc2=O)cc1. The molecule has 25 heavy (non-hydrogen) atoms. The number of anilines is 1. The van der Waals surface area contributed by atoms with Crippen LogP contribution in [0.25, 0.3) is 0 Å². The van der Waals surface area contributed by atoms with E-state index in [0.717, 1.165) is 0 Å². The molecule has 7 heteroatoms. The summed E-state index contributed by atoms with van der Waals surface area (Å²) in [5, 5.41) is 2.73. The van der Waals surface area contributed by atoms with E-state index in [1.54, 1.807) is 58.0 Å². The van der Waals surface area contributed by atoms with Gasteiger partial charge in [0.2, 0.25) is 5.91 Å². The molecule has 0 saturated heterocycles. The van der Waals surface area contributed by atoms with E-state index < -0.39 is 17.7 Å². The van der Waals surface area contributed by atoms with Crippen LogP contribution in [-0.2, 0) is 9.53 Å². The summed E-state index contributed by atoms with van der Waals surface area (Å²) in [6, 6.07) is 7.40. The standard InChI is InChI=1S/C18H21N3O4/c1-5-25-17(23)14-6-8-15(9-7-14)20-16(22)13(4)21-12(3)10-11(2)19-18(21)24/h6-10,13H,5H2,1-4H3,(H,20,22)/t13-/m1/s1. The van der Waals surface area contributed by atoms with E-state index in [9.17, 15) is 14.4 Å². The van der Waals surface area contributed by atoms with Gasteiger partial charge in [-0.2, -0.15) is 4.98 Å². The first-order valence-electron chi connectivity index (χ1n) is 7.98. The average Bonchev–Trinajstić information content (AvgIpc) is 2.54. The van der Waals surface area contributed by atoms with Gasteiger partial charge in [-0.05, 0) is 58.0 Å². The Balaban J connectivity index is 2.14. The van der Waals surface area contributed by atoms with Crippen LogP contribution in [0, 0.1) is 13.8 Å². The number of esters is 1. The Bertz CT molecular complexity index is 840. The second kappa shape index (κ2) is 7.74. The van der Waals surface area contributed by atoms with Gasteiger partial charge in [0.1, 0.15) is 6.04 Å². The van der Waals surface area contributed by atoms with E-state index in [0.29, 0.717) is 29.2 Å². The zero-order valence-corrected chi connectivity index (χ0v) is 14.7. The monoisotopic (exact) mass is 343 g/mol. The van der Waals surface area contributed by atoms with Gasteiger partial charge in [0.25, 0.3) is 0 Å².